The number of rotatable bonds is 3. The number of aromatic nitrogens is 1. The first kappa shape index (κ1) is 11.1. The minimum absolute atomic E-state index is 0.180. The maximum absolute atomic E-state index is 12.0. The first-order valence-electron chi connectivity index (χ1n) is 5.69. The van der Waals surface area contributed by atoms with Crippen LogP contribution in [0.4, 0.5) is 0 Å². The third kappa shape index (κ3) is 2.39. The molecule has 1 aliphatic rings. The Morgan fingerprint density at radius 2 is 2.25 bits per heavy atom. The zero-order valence-electron chi connectivity index (χ0n) is 9.30. The lowest BCUT2D eigenvalue weighted by Gasteiger charge is -2.23. The van der Waals surface area contributed by atoms with E-state index in [0.717, 1.165) is 24.9 Å². The molecule has 1 amide bonds. The van der Waals surface area contributed by atoms with E-state index in [1.54, 1.807) is 12.4 Å². The van der Waals surface area contributed by atoms with Crippen LogP contribution < -0.4 is 5.73 Å². The molecule has 0 aromatic carbocycles. The van der Waals surface area contributed by atoms with Crippen LogP contribution in [0.25, 0.3) is 0 Å². The molecule has 4 nitrogen and oxygen atoms in total. The molecule has 1 aliphatic heterocycles. The van der Waals surface area contributed by atoms with Gasteiger partial charge in [-0.15, -0.1) is 0 Å². The van der Waals surface area contributed by atoms with Crippen LogP contribution >= 0.6 is 0 Å². The third-order valence-electron chi connectivity index (χ3n) is 3.07. The monoisotopic (exact) mass is 219 g/mol. The number of hydrogen-bond donors (Lipinski definition) is 1. The number of hydrogen-bond acceptors (Lipinski definition) is 3. The lowest BCUT2D eigenvalue weighted by molar-refractivity contribution is -0.131. The molecule has 2 N–H and O–H groups in total. The van der Waals surface area contributed by atoms with Crippen LogP contribution in [0.5, 0.6) is 0 Å². The molecule has 86 valence electrons. The standard InChI is InChI=1S/C12H17N3O/c13-9-11-2-1-7-15(11)12(16)8-10-3-5-14-6-4-10/h3-6,11H,1-2,7-9,13H2. The van der Waals surface area contributed by atoms with Gasteiger partial charge in [-0.2, -0.15) is 0 Å². The topological polar surface area (TPSA) is 59.2 Å². The van der Waals surface area contributed by atoms with Gasteiger partial charge < -0.3 is 10.6 Å². The van der Waals surface area contributed by atoms with Gasteiger partial charge in [-0.1, -0.05) is 0 Å². The van der Waals surface area contributed by atoms with Gasteiger partial charge in [0.15, 0.2) is 0 Å². The SMILES string of the molecule is NCC1CCCN1C(=O)Cc1ccncc1. The minimum Gasteiger partial charge on any atom is -0.338 e. The Labute approximate surface area is 95.5 Å². The molecule has 0 spiro atoms. The second-order valence-corrected chi connectivity index (χ2v) is 4.15. The van der Waals surface area contributed by atoms with Gasteiger partial charge in [0.05, 0.1) is 6.42 Å². The summed E-state index contributed by atoms with van der Waals surface area (Å²) in [4.78, 5) is 17.9. The number of amides is 1. The molecular formula is C12H17N3O. The van der Waals surface area contributed by atoms with Gasteiger partial charge in [0.25, 0.3) is 0 Å². The Morgan fingerprint density at radius 1 is 1.50 bits per heavy atom. The van der Waals surface area contributed by atoms with Crippen LogP contribution in [0.1, 0.15) is 18.4 Å². The normalized spacial score (nSPS) is 20.1. The third-order valence-corrected chi connectivity index (χ3v) is 3.07. The molecule has 1 unspecified atom stereocenters. The van der Waals surface area contributed by atoms with E-state index in [4.69, 9.17) is 5.73 Å². The number of carbonyl (C=O) groups is 1. The number of carbonyl (C=O) groups excluding carboxylic acids is 1. The van der Waals surface area contributed by atoms with Crippen molar-refractivity contribution in [1.82, 2.24) is 9.88 Å². The zero-order valence-corrected chi connectivity index (χ0v) is 9.30. The van der Waals surface area contributed by atoms with Crippen LogP contribution in [0.15, 0.2) is 24.5 Å². The predicted molar refractivity (Wildman–Crippen MR) is 61.7 cm³/mol. The summed E-state index contributed by atoms with van der Waals surface area (Å²) in [6, 6.07) is 4.01. The second kappa shape index (κ2) is 5.07. The van der Waals surface area contributed by atoms with Crippen LogP contribution in [0.2, 0.25) is 0 Å². The van der Waals surface area contributed by atoms with Gasteiger partial charge in [-0.3, -0.25) is 9.78 Å². The highest BCUT2D eigenvalue weighted by molar-refractivity contribution is 5.79. The molecule has 1 aromatic rings. The van der Waals surface area contributed by atoms with Gasteiger partial charge in [-0.05, 0) is 30.5 Å². The molecule has 0 bridgehead atoms. The Kier molecular flexibility index (Phi) is 3.51. The van der Waals surface area contributed by atoms with Crippen LogP contribution in [0.3, 0.4) is 0 Å². The molecular weight excluding hydrogens is 202 g/mol. The fourth-order valence-corrected chi connectivity index (χ4v) is 2.19. The summed E-state index contributed by atoms with van der Waals surface area (Å²) in [5, 5.41) is 0. The van der Waals surface area contributed by atoms with E-state index in [2.05, 4.69) is 4.98 Å². The number of nitrogens with zero attached hydrogens (tertiary/aromatic N) is 2. The van der Waals surface area contributed by atoms with E-state index >= 15 is 0 Å². The highest BCUT2D eigenvalue weighted by atomic mass is 16.2. The Morgan fingerprint density at radius 3 is 2.94 bits per heavy atom. The summed E-state index contributed by atoms with van der Waals surface area (Å²) in [5.41, 5.74) is 6.67. The van der Waals surface area contributed by atoms with Gasteiger partial charge >= 0.3 is 0 Å². The fourth-order valence-electron chi connectivity index (χ4n) is 2.19. The summed E-state index contributed by atoms with van der Waals surface area (Å²) < 4.78 is 0. The van der Waals surface area contributed by atoms with E-state index in [1.807, 2.05) is 17.0 Å². The Bertz CT molecular complexity index is 353. The average molecular weight is 219 g/mol. The minimum atomic E-state index is 0.180. The summed E-state index contributed by atoms with van der Waals surface area (Å²) in [6.45, 7) is 1.42. The molecule has 1 saturated heterocycles. The first-order chi connectivity index (χ1) is 7.81. The van der Waals surface area contributed by atoms with Crippen molar-refractivity contribution in [2.75, 3.05) is 13.1 Å². The highest BCUT2D eigenvalue weighted by Crippen LogP contribution is 2.17. The average Bonchev–Trinajstić information content (AvgIpc) is 2.78. The zero-order chi connectivity index (χ0) is 11.4. The first-order valence-corrected chi connectivity index (χ1v) is 5.69. The molecule has 0 saturated carbocycles. The van der Waals surface area contributed by atoms with Gasteiger partial charge in [-0.25, -0.2) is 0 Å². The van der Waals surface area contributed by atoms with Crippen molar-refractivity contribution >= 4 is 5.91 Å². The molecule has 1 aromatic heterocycles. The summed E-state index contributed by atoms with van der Waals surface area (Å²) >= 11 is 0. The van der Waals surface area contributed by atoms with E-state index < -0.39 is 0 Å². The lowest BCUT2D eigenvalue weighted by atomic mass is 10.1. The molecule has 1 atom stereocenters. The Hall–Kier alpha value is -1.42. The van der Waals surface area contributed by atoms with Crippen molar-refractivity contribution in [3.63, 3.8) is 0 Å². The van der Waals surface area contributed by atoms with Crippen LogP contribution in [0, 0.1) is 0 Å². The summed E-state index contributed by atoms with van der Waals surface area (Å²) in [7, 11) is 0. The van der Waals surface area contributed by atoms with Crippen LogP contribution in [-0.2, 0) is 11.2 Å². The van der Waals surface area contributed by atoms with Crippen molar-refractivity contribution in [3.05, 3.63) is 30.1 Å². The van der Waals surface area contributed by atoms with Gasteiger partial charge in [0.1, 0.15) is 0 Å². The predicted octanol–water partition coefficient (Wildman–Crippen LogP) is 0.574. The number of nitrogens with two attached hydrogens (primary N) is 1. The molecule has 0 aliphatic carbocycles. The molecule has 0 radical (unpaired) electrons. The fraction of sp³-hybridized carbons (Fsp3) is 0.500. The van der Waals surface area contributed by atoms with Gasteiger partial charge in [0.2, 0.25) is 5.91 Å². The van der Waals surface area contributed by atoms with Crippen molar-refractivity contribution in [2.45, 2.75) is 25.3 Å². The number of pyridine rings is 1. The Balaban J connectivity index is 1.98. The van der Waals surface area contributed by atoms with E-state index in [-0.39, 0.29) is 11.9 Å². The number of likely N-dealkylation sites (tertiary alicyclic amines) is 1. The second-order valence-electron chi connectivity index (χ2n) is 4.15. The molecule has 1 fully saturated rings. The van der Waals surface area contributed by atoms with E-state index in [0.29, 0.717) is 13.0 Å². The smallest absolute Gasteiger partial charge is 0.227 e. The highest BCUT2D eigenvalue weighted by Gasteiger charge is 2.27. The maximum atomic E-state index is 12.0. The van der Waals surface area contributed by atoms with Gasteiger partial charge in [0, 0.05) is 31.5 Å². The maximum Gasteiger partial charge on any atom is 0.227 e. The quantitative estimate of drug-likeness (QED) is 0.808. The van der Waals surface area contributed by atoms with Crippen LogP contribution in [-0.4, -0.2) is 34.9 Å². The van der Waals surface area contributed by atoms with Crippen molar-refractivity contribution in [1.29, 1.82) is 0 Å². The molecule has 4 heteroatoms. The molecule has 2 rings (SSSR count). The largest absolute Gasteiger partial charge is 0.338 e. The molecule has 2 heterocycles. The van der Waals surface area contributed by atoms with E-state index in [1.165, 1.54) is 0 Å². The van der Waals surface area contributed by atoms with Crippen molar-refractivity contribution in [3.8, 4) is 0 Å². The summed E-state index contributed by atoms with van der Waals surface area (Å²) in [6.07, 6.45) is 6.00. The molecule has 16 heavy (non-hydrogen) atoms. The van der Waals surface area contributed by atoms with E-state index in [9.17, 15) is 4.79 Å². The van der Waals surface area contributed by atoms with Crippen molar-refractivity contribution in [2.24, 2.45) is 5.73 Å². The summed E-state index contributed by atoms with van der Waals surface area (Å²) in [5.74, 6) is 0.180. The lowest BCUT2D eigenvalue weighted by Crippen LogP contribution is -2.40. The van der Waals surface area contributed by atoms with Crippen molar-refractivity contribution < 1.29 is 4.79 Å².